The molecule has 0 radical (unpaired) electrons. The van der Waals surface area contributed by atoms with Gasteiger partial charge in [-0.1, -0.05) is 19.8 Å². The van der Waals surface area contributed by atoms with Crippen LogP contribution in [0.5, 0.6) is 5.75 Å². The molecule has 0 bridgehead atoms. The Bertz CT molecular complexity index is 1290. The number of aromatic hydroxyl groups is 1. The Labute approximate surface area is 231 Å². The van der Waals surface area contributed by atoms with Gasteiger partial charge in [0, 0.05) is 44.2 Å². The van der Waals surface area contributed by atoms with E-state index in [9.17, 15) is 39.0 Å². The van der Waals surface area contributed by atoms with E-state index in [1.807, 2.05) is 6.92 Å². The highest BCUT2D eigenvalue weighted by molar-refractivity contribution is 6.31. The van der Waals surface area contributed by atoms with Crippen LogP contribution in [0.15, 0.2) is 6.07 Å². The van der Waals surface area contributed by atoms with Gasteiger partial charge in [-0.05, 0) is 36.8 Å². The zero-order chi connectivity index (χ0) is 29.5. The lowest BCUT2D eigenvalue weighted by atomic mass is 9.53. The minimum Gasteiger partial charge on any atom is -0.507 e. The molecule has 40 heavy (non-hydrogen) atoms. The first-order valence-corrected chi connectivity index (χ1v) is 13.5. The Morgan fingerprint density at radius 1 is 1.15 bits per heavy atom. The molecule has 0 heterocycles. The van der Waals surface area contributed by atoms with E-state index in [1.54, 1.807) is 25.1 Å². The molecular weight excluding hydrogens is 522 g/mol. The summed E-state index contributed by atoms with van der Waals surface area (Å²) in [5.74, 6) is -10.7. The van der Waals surface area contributed by atoms with Crippen molar-refractivity contribution in [3.63, 3.8) is 0 Å². The van der Waals surface area contributed by atoms with Gasteiger partial charge < -0.3 is 30.9 Å². The summed E-state index contributed by atoms with van der Waals surface area (Å²) in [6, 6.07) is 1.64. The second-order valence-electron chi connectivity index (χ2n) is 11.1. The molecule has 1 aromatic carbocycles. The van der Waals surface area contributed by atoms with Gasteiger partial charge in [-0.2, -0.15) is 0 Å². The van der Waals surface area contributed by atoms with Crippen molar-refractivity contribution in [3.8, 4) is 5.75 Å². The number of ether oxygens (including phenoxy) is 1. The predicted molar refractivity (Wildman–Crippen MR) is 141 cm³/mol. The van der Waals surface area contributed by atoms with E-state index < -0.39 is 76.6 Å². The van der Waals surface area contributed by atoms with Crippen LogP contribution in [-0.4, -0.2) is 71.6 Å². The Morgan fingerprint density at radius 2 is 1.85 bits per heavy atom. The molecule has 2 fully saturated rings. The van der Waals surface area contributed by atoms with Gasteiger partial charge >= 0.3 is 6.09 Å². The summed E-state index contributed by atoms with van der Waals surface area (Å²) >= 11 is 0. The SMILES string of the molecule is CCCCCOC(=O)NCc1cc(N(C)C)c2c(c1O)C(=O)C1C(=O)[C@]3(O)C(=O)C(C(N)=O)C(=O)C[C@@H]3C[C@@H]1C2. The van der Waals surface area contributed by atoms with E-state index in [-0.39, 0.29) is 37.1 Å². The number of phenols is 1. The van der Waals surface area contributed by atoms with Crippen LogP contribution in [0.4, 0.5) is 10.5 Å². The smallest absolute Gasteiger partial charge is 0.407 e. The summed E-state index contributed by atoms with van der Waals surface area (Å²) < 4.78 is 5.14. The fraction of sp³-hybridized carbons (Fsp3) is 0.571. The second-order valence-corrected chi connectivity index (χ2v) is 11.1. The number of carbonyl (C=O) groups excluding carboxylic acids is 6. The molecule has 0 saturated heterocycles. The number of nitrogens with one attached hydrogen (secondary N) is 1. The van der Waals surface area contributed by atoms with Crippen LogP contribution in [0.25, 0.3) is 0 Å². The summed E-state index contributed by atoms with van der Waals surface area (Å²) in [6.45, 7) is 2.11. The number of anilines is 1. The lowest BCUT2D eigenvalue weighted by Crippen LogP contribution is -2.68. The van der Waals surface area contributed by atoms with Gasteiger partial charge in [0.1, 0.15) is 5.75 Å². The molecule has 0 spiro atoms. The highest BCUT2D eigenvalue weighted by Crippen LogP contribution is 2.51. The topological polar surface area (TPSA) is 193 Å². The molecule has 5 atom stereocenters. The summed E-state index contributed by atoms with van der Waals surface area (Å²) in [5, 5.41) is 25.1. The molecule has 0 aromatic heterocycles. The zero-order valence-corrected chi connectivity index (χ0v) is 22.8. The third kappa shape index (κ3) is 4.74. The molecule has 3 aliphatic rings. The fourth-order valence-corrected chi connectivity index (χ4v) is 6.34. The molecule has 216 valence electrons. The number of hydrogen-bond donors (Lipinski definition) is 4. The summed E-state index contributed by atoms with van der Waals surface area (Å²) in [4.78, 5) is 78.8. The number of fused-ring (bicyclic) bond motifs is 3. The number of carbonyl (C=O) groups is 6. The van der Waals surface area contributed by atoms with E-state index in [0.29, 0.717) is 17.7 Å². The molecular formula is C28H35N3O9. The van der Waals surface area contributed by atoms with Crippen molar-refractivity contribution in [2.75, 3.05) is 25.6 Å². The summed E-state index contributed by atoms with van der Waals surface area (Å²) in [6.07, 6.45) is 1.70. The molecule has 2 amide bonds. The molecule has 2 saturated carbocycles. The molecule has 12 heteroatoms. The third-order valence-electron chi connectivity index (χ3n) is 8.34. The lowest BCUT2D eigenvalue weighted by molar-refractivity contribution is -0.175. The number of ketones is 4. The first kappa shape index (κ1) is 29.2. The van der Waals surface area contributed by atoms with E-state index in [4.69, 9.17) is 10.5 Å². The van der Waals surface area contributed by atoms with Crippen molar-refractivity contribution < 1.29 is 43.7 Å². The number of hydrogen-bond acceptors (Lipinski definition) is 10. The van der Waals surface area contributed by atoms with Crippen LogP contribution in [0.2, 0.25) is 0 Å². The van der Waals surface area contributed by atoms with E-state index >= 15 is 0 Å². The highest BCUT2D eigenvalue weighted by Gasteiger charge is 2.66. The van der Waals surface area contributed by atoms with Crippen molar-refractivity contribution in [2.45, 2.75) is 57.6 Å². The van der Waals surface area contributed by atoms with Gasteiger partial charge in [0.25, 0.3) is 0 Å². The van der Waals surface area contributed by atoms with E-state index in [1.165, 1.54) is 0 Å². The van der Waals surface area contributed by atoms with Gasteiger partial charge in [0.05, 0.1) is 18.1 Å². The standard InChI is InChI=1S/C28H35N3O9/c1-4-5-6-7-40-27(38)30-12-14-10-17(31(2)3)16-9-13-8-15-11-18(32)21(26(29)37)25(36)28(15,39)24(35)19(13)23(34)20(16)22(14)33/h10,13,15,19,21,33,39H,4-9,11-12H2,1-3H3,(H2,29,37)(H,30,38)/t13-,15+,19?,21?,28+/m1/s1. The maximum absolute atomic E-state index is 13.9. The molecule has 0 aliphatic heterocycles. The van der Waals surface area contributed by atoms with Gasteiger partial charge in [-0.15, -0.1) is 0 Å². The number of primary amides is 1. The Morgan fingerprint density at radius 3 is 2.48 bits per heavy atom. The molecule has 3 aliphatic carbocycles. The van der Waals surface area contributed by atoms with Crippen molar-refractivity contribution in [1.29, 1.82) is 0 Å². The van der Waals surface area contributed by atoms with Crippen molar-refractivity contribution in [1.82, 2.24) is 5.32 Å². The summed E-state index contributed by atoms with van der Waals surface area (Å²) in [5.41, 5.74) is 3.68. The maximum atomic E-state index is 13.9. The van der Waals surface area contributed by atoms with Gasteiger partial charge in [-0.25, -0.2) is 4.79 Å². The maximum Gasteiger partial charge on any atom is 0.407 e. The Hall–Kier alpha value is -3.80. The predicted octanol–water partition coefficient (Wildman–Crippen LogP) is 0.809. The van der Waals surface area contributed by atoms with Gasteiger partial charge in [0.2, 0.25) is 5.91 Å². The van der Waals surface area contributed by atoms with Crippen LogP contribution >= 0.6 is 0 Å². The monoisotopic (exact) mass is 557 g/mol. The van der Waals surface area contributed by atoms with Crippen molar-refractivity contribution >= 4 is 40.8 Å². The average molecular weight is 558 g/mol. The number of nitrogens with zero attached hydrogens (tertiary/aromatic N) is 1. The Kier molecular flexibility index (Phi) is 8.02. The number of unbranched alkanes of at least 4 members (excludes halogenated alkanes) is 2. The van der Waals surface area contributed by atoms with Gasteiger partial charge in [0.15, 0.2) is 34.7 Å². The fourth-order valence-electron chi connectivity index (χ4n) is 6.34. The zero-order valence-electron chi connectivity index (χ0n) is 22.8. The quantitative estimate of drug-likeness (QED) is 0.262. The highest BCUT2D eigenvalue weighted by atomic mass is 16.5. The number of alkyl carbamates (subject to hydrolysis) is 1. The minimum atomic E-state index is -2.71. The number of rotatable bonds is 8. The third-order valence-corrected chi connectivity index (χ3v) is 8.34. The van der Waals surface area contributed by atoms with Crippen molar-refractivity contribution in [2.24, 2.45) is 29.4 Å². The van der Waals surface area contributed by atoms with E-state index in [0.717, 1.165) is 12.8 Å². The van der Waals surface area contributed by atoms with Gasteiger partial charge in [-0.3, -0.25) is 24.0 Å². The van der Waals surface area contributed by atoms with Crippen LogP contribution in [0, 0.1) is 23.7 Å². The van der Waals surface area contributed by atoms with Crippen LogP contribution in [-0.2, 0) is 36.9 Å². The number of Topliss-reactive ketones (excluding diaryl/α,β-unsaturated/α-hetero) is 4. The Balaban J connectivity index is 1.68. The van der Waals surface area contributed by atoms with Crippen LogP contribution in [0.3, 0.4) is 0 Å². The molecule has 5 N–H and O–H groups in total. The van der Waals surface area contributed by atoms with Crippen LogP contribution in [0.1, 0.15) is 60.5 Å². The number of phenolic OH excluding ortho intramolecular Hbond substituents is 1. The first-order chi connectivity index (χ1) is 18.8. The molecule has 4 rings (SSSR count). The number of nitrogens with two attached hydrogens (primary N) is 1. The lowest BCUT2D eigenvalue weighted by Gasteiger charge is -2.48. The largest absolute Gasteiger partial charge is 0.507 e. The molecule has 12 nitrogen and oxygen atoms in total. The normalized spacial score (nSPS) is 27.4. The molecule has 2 unspecified atom stereocenters. The van der Waals surface area contributed by atoms with E-state index in [2.05, 4.69) is 5.32 Å². The summed E-state index contributed by atoms with van der Waals surface area (Å²) in [7, 11) is 3.49. The first-order valence-electron chi connectivity index (χ1n) is 13.5. The van der Waals surface area contributed by atoms with Crippen LogP contribution < -0.4 is 16.0 Å². The average Bonchev–Trinajstić information content (AvgIpc) is 2.87. The number of aliphatic hydroxyl groups is 1. The van der Waals surface area contributed by atoms with Crippen molar-refractivity contribution in [3.05, 3.63) is 22.8 Å². The second kappa shape index (κ2) is 11.0. The number of amides is 2. The number of benzene rings is 1. The molecule has 1 aromatic rings. The minimum absolute atomic E-state index is 0.0157.